The molecular weight excluding hydrogens is 238 g/mol. The highest BCUT2D eigenvalue weighted by atomic mass is 35.5. The van der Waals surface area contributed by atoms with Crippen LogP contribution in [0.15, 0.2) is 12.1 Å². The Labute approximate surface area is 91.4 Å². The Bertz CT molecular complexity index is 253. The minimum absolute atomic E-state index is 0.362. The first-order valence-corrected chi connectivity index (χ1v) is 5.10. The lowest BCUT2D eigenvalue weighted by atomic mass is 10.2. The molecule has 1 aromatic carbocycles. The zero-order chi connectivity index (χ0) is 9.14. The Hall–Kier alpha value is 0.380. The van der Waals surface area contributed by atoms with E-state index in [0.717, 1.165) is 11.1 Å². The van der Waals surface area contributed by atoms with E-state index in [9.17, 15) is 0 Å². The van der Waals surface area contributed by atoms with E-state index < -0.39 is 0 Å². The SMILES string of the molecule is ClCc1cc(Cl)c(CCl)cc1Cl. The van der Waals surface area contributed by atoms with Gasteiger partial charge < -0.3 is 0 Å². The summed E-state index contributed by atoms with van der Waals surface area (Å²) in [6.07, 6.45) is 0. The third-order valence-electron chi connectivity index (χ3n) is 1.50. The highest BCUT2D eigenvalue weighted by Crippen LogP contribution is 2.27. The molecule has 0 aliphatic rings. The molecule has 0 saturated carbocycles. The van der Waals surface area contributed by atoms with Crippen molar-refractivity contribution in [2.24, 2.45) is 0 Å². The molecule has 0 nitrogen and oxygen atoms in total. The molecule has 0 bridgehead atoms. The molecule has 0 fully saturated rings. The number of benzene rings is 1. The standard InChI is InChI=1S/C8H6Cl4/c9-3-5-1-7(11)6(4-10)2-8(5)12/h1-2H,3-4H2. The van der Waals surface area contributed by atoms with Crippen LogP contribution in [0.1, 0.15) is 11.1 Å². The van der Waals surface area contributed by atoms with Crippen LogP contribution in [0, 0.1) is 0 Å². The summed E-state index contributed by atoms with van der Waals surface area (Å²) in [4.78, 5) is 0. The Balaban J connectivity index is 3.16. The monoisotopic (exact) mass is 242 g/mol. The molecule has 0 amide bonds. The van der Waals surface area contributed by atoms with Crippen LogP contribution < -0.4 is 0 Å². The van der Waals surface area contributed by atoms with E-state index in [1.165, 1.54) is 0 Å². The van der Waals surface area contributed by atoms with Crippen molar-refractivity contribution in [2.45, 2.75) is 11.8 Å². The molecule has 1 rings (SSSR count). The van der Waals surface area contributed by atoms with Gasteiger partial charge >= 0.3 is 0 Å². The van der Waals surface area contributed by atoms with E-state index in [2.05, 4.69) is 0 Å². The predicted octanol–water partition coefficient (Wildman–Crippen LogP) is 4.47. The molecule has 0 atom stereocenters. The predicted molar refractivity (Wildman–Crippen MR) is 55.6 cm³/mol. The van der Waals surface area contributed by atoms with Crippen LogP contribution in [0.5, 0.6) is 0 Å². The van der Waals surface area contributed by atoms with Crippen LogP contribution in [0.25, 0.3) is 0 Å². The molecule has 0 N–H and O–H groups in total. The van der Waals surface area contributed by atoms with Gasteiger partial charge in [0.15, 0.2) is 0 Å². The minimum Gasteiger partial charge on any atom is -0.121 e. The van der Waals surface area contributed by atoms with Crippen molar-refractivity contribution in [3.05, 3.63) is 33.3 Å². The van der Waals surface area contributed by atoms with Gasteiger partial charge in [0, 0.05) is 21.8 Å². The maximum atomic E-state index is 5.88. The Morgan fingerprint density at radius 1 is 0.833 bits per heavy atom. The van der Waals surface area contributed by atoms with Crippen LogP contribution in [0.2, 0.25) is 10.0 Å². The summed E-state index contributed by atoms with van der Waals surface area (Å²) >= 11 is 23.0. The highest BCUT2D eigenvalue weighted by Gasteiger charge is 2.05. The Morgan fingerprint density at radius 3 is 1.42 bits per heavy atom. The zero-order valence-electron chi connectivity index (χ0n) is 6.08. The van der Waals surface area contributed by atoms with Gasteiger partial charge in [0.05, 0.1) is 0 Å². The van der Waals surface area contributed by atoms with Crippen molar-refractivity contribution >= 4 is 46.4 Å². The number of alkyl halides is 2. The summed E-state index contributed by atoms with van der Waals surface area (Å²) in [5.41, 5.74) is 1.66. The molecule has 0 spiro atoms. The van der Waals surface area contributed by atoms with Crippen molar-refractivity contribution < 1.29 is 0 Å². The Morgan fingerprint density at radius 2 is 1.17 bits per heavy atom. The quantitative estimate of drug-likeness (QED) is 0.673. The first-order chi connectivity index (χ1) is 5.69. The topological polar surface area (TPSA) is 0 Å². The molecule has 66 valence electrons. The molecule has 0 aliphatic carbocycles. The number of rotatable bonds is 2. The first kappa shape index (κ1) is 10.5. The lowest BCUT2D eigenvalue weighted by molar-refractivity contribution is 1.33. The van der Waals surface area contributed by atoms with Crippen molar-refractivity contribution in [1.29, 1.82) is 0 Å². The van der Waals surface area contributed by atoms with Crippen LogP contribution >= 0.6 is 46.4 Å². The fourth-order valence-corrected chi connectivity index (χ4v) is 1.92. The summed E-state index contributed by atoms with van der Waals surface area (Å²) in [7, 11) is 0. The molecule has 4 heteroatoms. The van der Waals surface area contributed by atoms with Crippen LogP contribution in [0.4, 0.5) is 0 Å². The smallest absolute Gasteiger partial charge is 0.0489 e. The second-order valence-electron chi connectivity index (χ2n) is 2.30. The molecule has 0 unspecified atom stereocenters. The van der Waals surface area contributed by atoms with Gasteiger partial charge in [-0.3, -0.25) is 0 Å². The zero-order valence-corrected chi connectivity index (χ0v) is 9.10. The van der Waals surface area contributed by atoms with Crippen molar-refractivity contribution in [3.8, 4) is 0 Å². The first-order valence-electron chi connectivity index (χ1n) is 3.27. The summed E-state index contributed by atoms with van der Waals surface area (Å²) in [6, 6.07) is 3.49. The molecule has 0 aliphatic heterocycles. The van der Waals surface area contributed by atoms with E-state index in [4.69, 9.17) is 46.4 Å². The second-order valence-corrected chi connectivity index (χ2v) is 3.65. The normalized spacial score (nSPS) is 10.3. The summed E-state index contributed by atoms with van der Waals surface area (Å²) in [6.45, 7) is 0. The van der Waals surface area contributed by atoms with E-state index in [-0.39, 0.29) is 0 Å². The van der Waals surface area contributed by atoms with Gasteiger partial charge in [-0.15, -0.1) is 23.2 Å². The minimum atomic E-state index is 0.362. The van der Waals surface area contributed by atoms with Crippen LogP contribution in [-0.4, -0.2) is 0 Å². The van der Waals surface area contributed by atoms with Crippen LogP contribution in [-0.2, 0) is 11.8 Å². The molecule has 0 saturated heterocycles. The average molecular weight is 244 g/mol. The van der Waals surface area contributed by atoms with Gasteiger partial charge in [0.1, 0.15) is 0 Å². The van der Waals surface area contributed by atoms with Crippen molar-refractivity contribution in [3.63, 3.8) is 0 Å². The third kappa shape index (κ3) is 2.20. The number of halogens is 4. The Kier molecular flexibility index (Phi) is 3.98. The van der Waals surface area contributed by atoms with Gasteiger partial charge in [-0.25, -0.2) is 0 Å². The largest absolute Gasteiger partial charge is 0.121 e. The maximum absolute atomic E-state index is 5.88. The molecular formula is C8H6Cl4. The summed E-state index contributed by atoms with van der Waals surface area (Å²) < 4.78 is 0. The second kappa shape index (κ2) is 4.57. The number of hydrogen-bond acceptors (Lipinski definition) is 0. The summed E-state index contributed by atoms with van der Waals surface area (Å²) in [5.74, 6) is 0.724. The molecule has 0 heterocycles. The van der Waals surface area contributed by atoms with Gasteiger partial charge in [-0.1, -0.05) is 23.2 Å². The van der Waals surface area contributed by atoms with E-state index in [1.807, 2.05) is 0 Å². The van der Waals surface area contributed by atoms with E-state index in [1.54, 1.807) is 12.1 Å². The fourth-order valence-electron chi connectivity index (χ4n) is 0.834. The lowest BCUT2D eigenvalue weighted by Gasteiger charge is -2.04. The maximum Gasteiger partial charge on any atom is 0.0489 e. The molecule has 12 heavy (non-hydrogen) atoms. The lowest BCUT2D eigenvalue weighted by Crippen LogP contribution is -1.86. The average Bonchev–Trinajstić information content (AvgIpc) is 2.08. The van der Waals surface area contributed by atoms with Gasteiger partial charge in [-0.2, -0.15) is 0 Å². The van der Waals surface area contributed by atoms with Crippen molar-refractivity contribution in [2.75, 3.05) is 0 Å². The van der Waals surface area contributed by atoms with Crippen LogP contribution in [0.3, 0.4) is 0 Å². The van der Waals surface area contributed by atoms with Gasteiger partial charge in [0.2, 0.25) is 0 Å². The van der Waals surface area contributed by atoms with E-state index in [0.29, 0.717) is 21.8 Å². The molecule has 1 aromatic rings. The fraction of sp³-hybridized carbons (Fsp3) is 0.250. The van der Waals surface area contributed by atoms with Gasteiger partial charge in [0.25, 0.3) is 0 Å². The number of hydrogen-bond donors (Lipinski definition) is 0. The molecule has 0 aromatic heterocycles. The van der Waals surface area contributed by atoms with Crippen molar-refractivity contribution in [1.82, 2.24) is 0 Å². The molecule has 0 radical (unpaired) electrons. The van der Waals surface area contributed by atoms with Gasteiger partial charge in [-0.05, 0) is 23.3 Å². The highest BCUT2D eigenvalue weighted by molar-refractivity contribution is 6.35. The van der Waals surface area contributed by atoms with E-state index >= 15 is 0 Å². The summed E-state index contributed by atoms with van der Waals surface area (Å²) in [5, 5.41) is 1.23. The third-order valence-corrected chi connectivity index (χ3v) is 2.78.